The van der Waals surface area contributed by atoms with Crippen molar-refractivity contribution in [2.45, 2.75) is 18.2 Å². The second-order valence-electron chi connectivity index (χ2n) is 7.14. The zero-order valence-electron chi connectivity index (χ0n) is 16.1. The molecule has 4 rings (SSSR count). The van der Waals surface area contributed by atoms with Crippen LogP contribution in [0.15, 0.2) is 48.5 Å². The molecule has 0 radical (unpaired) electrons. The van der Waals surface area contributed by atoms with E-state index in [1.165, 1.54) is 0 Å². The topological polar surface area (TPSA) is 154 Å². The van der Waals surface area contributed by atoms with Gasteiger partial charge in [-0.1, -0.05) is 48.5 Å². The molecular formula is C19H18B2N2O8. The lowest BCUT2D eigenvalue weighted by molar-refractivity contribution is -0.143. The SMILES string of the molecule is O=C(NC[C@H](NC(=O)C1OB(O)c2ccccc21)C(=O)O)C1OB(O)c2ccccc21. The van der Waals surface area contributed by atoms with Gasteiger partial charge in [-0.05, 0) is 22.1 Å². The van der Waals surface area contributed by atoms with Crippen LogP contribution in [0.3, 0.4) is 0 Å². The molecule has 2 aromatic rings. The molecule has 2 heterocycles. The number of carbonyl (C=O) groups excluding carboxylic acids is 2. The molecule has 2 aromatic carbocycles. The molecule has 158 valence electrons. The molecule has 0 saturated carbocycles. The van der Waals surface area contributed by atoms with Crippen LogP contribution >= 0.6 is 0 Å². The normalized spacial score (nSPS) is 20.1. The summed E-state index contributed by atoms with van der Waals surface area (Å²) < 4.78 is 10.5. The molecule has 2 aliphatic rings. The van der Waals surface area contributed by atoms with Crippen LogP contribution < -0.4 is 21.6 Å². The number of aliphatic carboxylic acids is 1. The van der Waals surface area contributed by atoms with Gasteiger partial charge >= 0.3 is 20.2 Å². The number of fused-ring (bicyclic) bond motifs is 2. The fourth-order valence-electron chi connectivity index (χ4n) is 3.65. The van der Waals surface area contributed by atoms with E-state index >= 15 is 0 Å². The third kappa shape index (κ3) is 4.06. The highest BCUT2D eigenvalue weighted by molar-refractivity contribution is 6.62. The van der Waals surface area contributed by atoms with Crippen LogP contribution in [0.4, 0.5) is 0 Å². The van der Waals surface area contributed by atoms with Crippen molar-refractivity contribution in [3.05, 3.63) is 59.7 Å². The van der Waals surface area contributed by atoms with Crippen LogP contribution in [-0.2, 0) is 23.7 Å². The number of carbonyl (C=O) groups is 3. The summed E-state index contributed by atoms with van der Waals surface area (Å²) in [6.45, 7) is -0.422. The van der Waals surface area contributed by atoms with E-state index < -0.39 is 56.8 Å². The third-order valence-corrected chi connectivity index (χ3v) is 5.19. The minimum Gasteiger partial charge on any atom is -0.480 e. The quantitative estimate of drug-likeness (QED) is 0.322. The van der Waals surface area contributed by atoms with Gasteiger partial charge in [-0.25, -0.2) is 4.79 Å². The molecule has 31 heavy (non-hydrogen) atoms. The number of hydrogen-bond acceptors (Lipinski definition) is 7. The first-order valence-electron chi connectivity index (χ1n) is 9.52. The largest absolute Gasteiger partial charge is 0.492 e. The Morgan fingerprint density at radius 1 is 0.871 bits per heavy atom. The van der Waals surface area contributed by atoms with Crippen LogP contribution in [0.1, 0.15) is 23.3 Å². The Bertz CT molecular complexity index is 1040. The van der Waals surface area contributed by atoms with Gasteiger partial charge in [0.05, 0.1) is 0 Å². The highest BCUT2D eigenvalue weighted by atomic mass is 16.5. The van der Waals surface area contributed by atoms with Gasteiger partial charge in [-0.3, -0.25) is 9.59 Å². The Balaban J connectivity index is 1.40. The lowest BCUT2D eigenvalue weighted by Gasteiger charge is -2.20. The molecule has 0 aromatic heterocycles. The van der Waals surface area contributed by atoms with E-state index in [9.17, 15) is 29.5 Å². The summed E-state index contributed by atoms with van der Waals surface area (Å²) in [6, 6.07) is 11.8. The molecule has 2 amide bonds. The molecule has 0 fully saturated rings. The first-order chi connectivity index (χ1) is 14.9. The predicted octanol–water partition coefficient (Wildman–Crippen LogP) is -2.41. The Morgan fingerprint density at radius 3 is 1.87 bits per heavy atom. The molecule has 5 N–H and O–H groups in total. The lowest BCUT2D eigenvalue weighted by Crippen LogP contribution is -2.50. The van der Waals surface area contributed by atoms with Crippen molar-refractivity contribution < 1.29 is 38.8 Å². The lowest BCUT2D eigenvalue weighted by atomic mass is 9.79. The monoisotopic (exact) mass is 424 g/mol. The predicted molar refractivity (Wildman–Crippen MR) is 108 cm³/mol. The Hall–Kier alpha value is -3.18. The average molecular weight is 424 g/mol. The fourth-order valence-corrected chi connectivity index (χ4v) is 3.65. The second-order valence-corrected chi connectivity index (χ2v) is 7.14. The standard InChI is InChI=1S/C19H18B2N2O8/c24-17(15-10-5-1-3-7-12(10)20(28)30-15)22-9-14(19(26)27)23-18(25)16-11-6-2-4-8-13(11)21(29)31-16/h1-8,14-16,28-29H,9H2,(H,22,24)(H,23,25)(H,26,27)/t14-,15?,16?/m0/s1. The van der Waals surface area contributed by atoms with Crippen LogP contribution in [-0.4, -0.2) is 59.8 Å². The third-order valence-electron chi connectivity index (χ3n) is 5.19. The zero-order valence-corrected chi connectivity index (χ0v) is 16.1. The number of rotatable bonds is 6. The molecule has 0 spiro atoms. The van der Waals surface area contributed by atoms with Crippen molar-refractivity contribution in [3.63, 3.8) is 0 Å². The molecule has 2 unspecified atom stereocenters. The number of benzene rings is 2. The van der Waals surface area contributed by atoms with Gasteiger partial charge in [0, 0.05) is 6.54 Å². The molecule has 10 nitrogen and oxygen atoms in total. The summed E-state index contributed by atoms with van der Waals surface area (Å²) in [4.78, 5) is 36.7. The highest BCUT2D eigenvalue weighted by Crippen LogP contribution is 2.24. The van der Waals surface area contributed by atoms with E-state index in [1.807, 2.05) is 0 Å². The minimum absolute atomic E-state index is 0.422. The maximum Gasteiger partial charge on any atom is 0.492 e. The maximum atomic E-state index is 12.6. The molecule has 2 aliphatic heterocycles. The van der Waals surface area contributed by atoms with Gasteiger partial charge in [0.1, 0.15) is 18.2 Å². The Labute approximate surface area is 177 Å². The summed E-state index contributed by atoms with van der Waals surface area (Å²) in [7, 11) is -2.55. The van der Waals surface area contributed by atoms with E-state index in [4.69, 9.17) is 9.31 Å². The van der Waals surface area contributed by atoms with Gasteiger partial charge in [0.2, 0.25) is 0 Å². The van der Waals surface area contributed by atoms with Gasteiger partial charge in [0.15, 0.2) is 0 Å². The van der Waals surface area contributed by atoms with Crippen molar-refractivity contribution in [3.8, 4) is 0 Å². The first kappa shape index (κ1) is 21.1. The average Bonchev–Trinajstić information content (AvgIpc) is 3.28. The minimum atomic E-state index is -1.45. The Morgan fingerprint density at radius 2 is 1.35 bits per heavy atom. The zero-order chi connectivity index (χ0) is 22.1. The van der Waals surface area contributed by atoms with Gasteiger partial charge in [-0.15, -0.1) is 0 Å². The van der Waals surface area contributed by atoms with Gasteiger partial charge < -0.3 is 35.1 Å². The van der Waals surface area contributed by atoms with E-state index in [2.05, 4.69) is 10.6 Å². The number of hydrogen-bond donors (Lipinski definition) is 5. The summed E-state index contributed by atoms with van der Waals surface area (Å²) in [5, 5.41) is 34.1. The van der Waals surface area contributed by atoms with E-state index in [1.54, 1.807) is 48.5 Å². The number of carboxylic acid groups (broad SMARTS) is 1. The second kappa shape index (κ2) is 8.52. The van der Waals surface area contributed by atoms with Crippen LogP contribution in [0.25, 0.3) is 0 Å². The maximum absolute atomic E-state index is 12.6. The molecule has 0 saturated heterocycles. The number of nitrogens with one attached hydrogen (secondary N) is 2. The molecule has 3 atom stereocenters. The molecule has 0 aliphatic carbocycles. The summed E-state index contributed by atoms with van der Waals surface area (Å²) in [6.07, 6.45) is -2.28. The molecule has 0 bridgehead atoms. The van der Waals surface area contributed by atoms with Crippen molar-refractivity contribution in [2.24, 2.45) is 0 Å². The van der Waals surface area contributed by atoms with Crippen LogP contribution in [0.5, 0.6) is 0 Å². The summed E-state index contributed by atoms with van der Waals surface area (Å²) in [5.41, 5.74) is 1.80. The van der Waals surface area contributed by atoms with E-state index in [-0.39, 0.29) is 0 Å². The van der Waals surface area contributed by atoms with Crippen LogP contribution in [0.2, 0.25) is 0 Å². The highest BCUT2D eigenvalue weighted by Gasteiger charge is 2.41. The van der Waals surface area contributed by atoms with E-state index in [0.29, 0.717) is 22.1 Å². The number of amides is 2. The summed E-state index contributed by atoms with van der Waals surface area (Å²) >= 11 is 0. The molecular weight excluding hydrogens is 406 g/mol. The fraction of sp³-hybridized carbons (Fsp3) is 0.211. The first-order valence-corrected chi connectivity index (χ1v) is 9.52. The van der Waals surface area contributed by atoms with Crippen molar-refractivity contribution >= 4 is 42.9 Å². The van der Waals surface area contributed by atoms with Gasteiger partial charge in [0.25, 0.3) is 11.8 Å². The number of carboxylic acids is 1. The Kier molecular flexibility index (Phi) is 5.79. The van der Waals surface area contributed by atoms with Crippen molar-refractivity contribution in [1.29, 1.82) is 0 Å². The molecule has 12 heteroatoms. The van der Waals surface area contributed by atoms with E-state index in [0.717, 1.165) is 0 Å². The smallest absolute Gasteiger partial charge is 0.480 e. The van der Waals surface area contributed by atoms with Gasteiger partial charge in [-0.2, -0.15) is 0 Å². The van der Waals surface area contributed by atoms with Crippen molar-refractivity contribution in [2.75, 3.05) is 6.54 Å². The summed E-state index contributed by atoms with van der Waals surface area (Å²) in [5.74, 6) is -2.78. The van der Waals surface area contributed by atoms with Crippen molar-refractivity contribution in [1.82, 2.24) is 10.6 Å². The van der Waals surface area contributed by atoms with Crippen LogP contribution in [0, 0.1) is 0 Å².